The molecule has 0 saturated carbocycles. The molecule has 242 valence electrons. The van der Waals surface area contributed by atoms with Gasteiger partial charge in [-0.15, -0.1) is 0 Å². The van der Waals surface area contributed by atoms with Crippen molar-refractivity contribution in [1.29, 1.82) is 0 Å². The van der Waals surface area contributed by atoms with E-state index in [1.807, 2.05) is 36.4 Å². The molecular formula is C38H43ClN2O5. The first-order chi connectivity index (χ1) is 22.4. The number of halogens is 1. The molecule has 1 unspecified atom stereocenters. The SMILES string of the molecule is CC1=C(C(=O)O)C(c2cccc(Cl)c2)C(C(=O)OCCC(c2ccccc2)c2ccccc2)=C(COCCN2CCCCCC2)N1. The van der Waals surface area contributed by atoms with E-state index in [-0.39, 0.29) is 30.3 Å². The molecule has 1 saturated heterocycles. The van der Waals surface area contributed by atoms with Gasteiger partial charge in [0.15, 0.2) is 0 Å². The molecule has 1 atom stereocenters. The number of ether oxygens (including phenoxy) is 2. The van der Waals surface area contributed by atoms with Crippen molar-refractivity contribution in [2.75, 3.05) is 39.5 Å². The molecule has 8 heteroatoms. The first kappa shape index (κ1) is 33.5. The summed E-state index contributed by atoms with van der Waals surface area (Å²) in [4.78, 5) is 29.2. The Morgan fingerprint density at radius 2 is 1.54 bits per heavy atom. The van der Waals surface area contributed by atoms with Crippen LogP contribution in [0.4, 0.5) is 0 Å². The van der Waals surface area contributed by atoms with Gasteiger partial charge < -0.3 is 24.8 Å². The van der Waals surface area contributed by atoms with E-state index in [2.05, 4.69) is 34.5 Å². The van der Waals surface area contributed by atoms with Crippen molar-refractivity contribution < 1.29 is 24.2 Å². The van der Waals surface area contributed by atoms with E-state index in [0.29, 0.717) is 35.0 Å². The lowest BCUT2D eigenvalue weighted by Gasteiger charge is -2.31. The summed E-state index contributed by atoms with van der Waals surface area (Å²) in [6.45, 7) is 5.42. The molecule has 2 N–H and O–H groups in total. The lowest BCUT2D eigenvalue weighted by molar-refractivity contribution is -0.139. The molecule has 0 amide bonds. The molecule has 0 bridgehead atoms. The minimum Gasteiger partial charge on any atom is -0.478 e. The zero-order valence-electron chi connectivity index (χ0n) is 26.4. The van der Waals surface area contributed by atoms with Crippen LogP contribution >= 0.6 is 11.6 Å². The summed E-state index contributed by atoms with van der Waals surface area (Å²) in [7, 11) is 0. The van der Waals surface area contributed by atoms with Gasteiger partial charge in [-0.1, -0.05) is 97.2 Å². The van der Waals surface area contributed by atoms with Crippen LogP contribution in [-0.2, 0) is 19.1 Å². The molecule has 0 aromatic heterocycles. The van der Waals surface area contributed by atoms with E-state index < -0.39 is 17.9 Å². The fourth-order valence-electron chi connectivity index (χ4n) is 6.53. The number of esters is 1. The highest BCUT2D eigenvalue weighted by atomic mass is 35.5. The summed E-state index contributed by atoms with van der Waals surface area (Å²) in [6, 6.07) is 27.3. The Kier molecular flexibility index (Phi) is 12.1. The second kappa shape index (κ2) is 16.6. The van der Waals surface area contributed by atoms with Crippen molar-refractivity contribution in [3.8, 4) is 0 Å². The highest BCUT2D eigenvalue weighted by Crippen LogP contribution is 2.40. The van der Waals surface area contributed by atoms with Gasteiger partial charge in [0, 0.05) is 23.2 Å². The van der Waals surface area contributed by atoms with Crippen LogP contribution in [0.2, 0.25) is 5.02 Å². The average Bonchev–Trinajstić information content (AvgIpc) is 3.34. The largest absolute Gasteiger partial charge is 0.478 e. The minimum absolute atomic E-state index is 0.0240. The van der Waals surface area contributed by atoms with Gasteiger partial charge in [0.1, 0.15) is 0 Å². The number of carboxylic acid groups (broad SMARTS) is 1. The number of nitrogens with one attached hydrogen (secondary N) is 1. The molecule has 2 heterocycles. The molecule has 2 aliphatic rings. The molecule has 2 aliphatic heterocycles. The molecule has 3 aromatic carbocycles. The third kappa shape index (κ3) is 8.66. The summed E-state index contributed by atoms with van der Waals surface area (Å²) >= 11 is 6.37. The highest BCUT2D eigenvalue weighted by Gasteiger charge is 2.38. The van der Waals surface area contributed by atoms with E-state index in [9.17, 15) is 14.7 Å². The van der Waals surface area contributed by atoms with E-state index in [1.165, 1.54) is 25.7 Å². The van der Waals surface area contributed by atoms with Crippen molar-refractivity contribution in [2.24, 2.45) is 0 Å². The fraction of sp³-hybridized carbons (Fsp3) is 0.368. The topological polar surface area (TPSA) is 88.1 Å². The van der Waals surface area contributed by atoms with Gasteiger partial charge in [-0.3, -0.25) is 0 Å². The van der Waals surface area contributed by atoms with Crippen LogP contribution in [-0.4, -0.2) is 61.4 Å². The number of benzene rings is 3. The maximum absolute atomic E-state index is 14.1. The van der Waals surface area contributed by atoms with Crippen molar-refractivity contribution >= 4 is 23.5 Å². The summed E-state index contributed by atoms with van der Waals surface area (Å²) < 4.78 is 12.1. The normalized spacial score (nSPS) is 17.5. The summed E-state index contributed by atoms with van der Waals surface area (Å²) in [5, 5.41) is 14.0. The lowest BCUT2D eigenvalue weighted by atomic mass is 9.80. The van der Waals surface area contributed by atoms with Crippen LogP contribution in [0.5, 0.6) is 0 Å². The lowest BCUT2D eigenvalue weighted by Crippen LogP contribution is -2.35. The third-order valence-corrected chi connectivity index (χ3v) is 9.05. The predicted octanol–water partition coefficient (Wildman–Crippen LogP) is 7.30. The Morgan fingerprint density at radius 3 is 2.15 bits per heavy atom. The maximum Gasteiger partial charge on any atom is 0.336 e. The van der Waals surface area contributed by atoms with Crippen molar-refractivity contribution in [1.82, 2.24) is 10.2 Å². The summed E-state index contributed by atoms with van der Waals surface area (Å²) in [5.41, 5.74) is 4.14. The van der Waals surface area contributed by atoms with Crippen LogP contribution in [0.25, 0.3) is 0 Å². The minimum atomic E-state index is -1.12. The van der Waals surface area contributed by atoms with Crippen LogP contribution in [0.3, 0.4) is 0 Å². The molecule has 1 fully saturated rings. The first-order valence-electron chi connectivity index (χ1n) is 16.2. The van der Waals surface area contributed by atoms with Crippen LogP contribution in [0.1, 0.15) is 67.6 Å². The Labute approximate surface area is 276 Å². The number of carboxylic acids is 1. The molecule has 0 aliphatic carbocycles. The molecule has 0 spiro atoms. The number of likely N-dealkylation sites (tertiary alicyclic amines) is 1. The van der Waals surface area contributed by atoms with Gasteiger partial charge in [0.2, 0.25) is 0 Å². The van der Waals surface area contributed by atoms with Gasteiger partial charge in [0.25, 0.3) is 0 Å². The van der Waals surface area contributed by atoms with Gasteiger partial charge >= 0.3 is 11.9 Å². The van der Waals surface area contributed by atoms with Crippen LogP contribution in [0.15, 0.2) is 107 Å². The van der Waals surface area contributed by atoms with Crippen LogP contribution in [0, 0.1) is 0 Å². The number of hydrogen-bond donors (Lipinski definition) is 2. The second-order valence-corrected chi connectivity index (χ2v) is 12.4. The molecular weight excluding hydrogens is 600 g/mol. The quantitative estimate of drug-likeness (QED) is 0.149. The number of carbonyl (C=O) groups excluding carboxylic acids is 1. The van der Waals surface area contributed by atoms with E-state index in [0.717, 1.165) is 30.8 Å². The first-order valence-corrected chi connectivity index (χ1v) is 16.6. The van der Waals surface area contributed by atoms with E-state index >= 15 is 0 Å². The number of nitrogens with zero attached hydrogens (tertiary/aromatic N) is 1. The van der Waals surface area contributed by atoms with Gasteiger partial charge in [-0.25, -0.2) is 9.59 Å². The predicted molar refractivity (Wildman–Crippen MR) is 181 cm³/mol. The number of carbonyl (C=O) groups is 2. The molecule has 5 rings (SSSR count). The number of allylic oxidation sites excluding steroid dienone is 1. The average molecular weight is 643 g/mol. The zero-order chi connectivity index (χ0) is 32.3. The monoisotopic (exact) mass is 642 g/mol. The summed E-state index contributed by atoms with van der Waals surface area (Å²) in [6.07, 6.45) is 5.48. The maximum atomic E-state index is 14.1. The number of dihydropyridines is 1. The Hall–Kier alpha value is -3.91. The fourth-order valence-corrected chi connectivity index (χ4v) is 6.72. The van der Waals surface area contributed by atoms with Crippen molar-refractivity contribution in [2.45, 2.75) is 50.9 Å². The van der Waals surface area contributed by atoms with Gasteiger partial charge in [-0.05, 0) is 68.1 Å². The van der Waals surface area contributed by atoms with Crippen molar-refractivity contribution in [3.63, 3.8) is 0 Å². The Morgan fingerprint density at radius 1 is 0.891 bits per heavy atom. The number of rotatable bonds is 13. The van der Waals surface area contributed by atoms with Gasteiger partial charge in [-0.2, -0.15) is 0 Å². The molecule has 0 radical (unpaired) electrons. The Balaban J connectivity index is 1.39. The summed E-state index contributed by atoms with van der Waals surface area (Å²) in [5.74, 6) is -2.55. The molecule has 7 nitrogen and oxygen atoms in total. The Bertz CT molecular complexity index is 1490. The standard InChI is InChI=1S/C38H43ClN2O5/c1-27-34(37(42)43)35(30-17-12-18-31(39)25-30)36(33(40-27)26-45-24-22-41-20-10-2-3-11-21-41)38(44)46-23-19-32(28-13-6-4-7-14-28)29-15-8-5-9-16-29/h4-9,12-18,25,32,35,40H,2-3,10-11,19-24,26H2,1H3,(H,42,43). The molecule has 46 heavy (non-hydrogen) atoms. The van der Waals surface area contributed by atoms with Crippen LogP contribution < -0.4 is 5.32 Å². The molecule has 3 aromatic rings. The smallest absolute Gasteiger partial charge is 0.336 e. The van der Waals surface area contributed by atoms with Gasteiger partial charge in [0.05, 0.1) is 42.6 Å². The highest BCUT2D eigenvalue weighted by molar-refractivity contribution is 6.30. The number of hydrogen-bond acceptors (Lipinski definition) is 6. The number of aliphatic carboxylic acids is 1. The van der Waals surface area contributed by atoms with Crippen molar-refractivity contribution in [3.05, 3.63) is 129 Å². The third-order valence-electron chi connectivity index (χ3n) is 8.82. The van der Waals surface area contributed by atoms with E-state index in [4.69, 9.17) is 21.1 Å². The zero-order valence-corrected chi connectivity index (χ0v) is 27.2. The van der Waals surface area contributed by atoms with E-state index in [1.54, 1.807) is 31.2 Å². The second-order valence-electron chi connectivity index (χ2n) is 12.0.